The van der Waals surface area contributed by atoms with Gasteiger partial charge in [0.2, 0.25) is 0 Å². The fourth-order valence-corrected chi connectivity index (χ4v) is 2.67. The molecule has 2 N–H and O–H groups in total. The number of ether oxygens (including phenoxy) is 1. The molecule has 2 heterocycles. The van der Waals surface area contributed by atoms with Gasteiger partial charge in [-0.1, -0.05) is 12.1 Å². The quantitative estimate of drug-likeness (QED) is 0.861. The number of urea groups is 1. The molecule has 1 unspecified atom stereocenters. The van der Waals surface area contributed by atoms with Crippen LogP contribution in [0.3, 0.4) is 0 Å². The van der Waals surface area contributed by atoms with Gasteiger partial charge in [0.1, 0.15) is 0 Å². The van der Waals surface area contributed by atoms with Gasteiger partial charge in [-0.15, -0.1) is 0 Å². The third kappa shape index (κ3) is 4.82. The number of aromatic nitrogens is 2. The lowest BCUT2D eigenvalue weighted by Crippen LogP contribution is -2.31. The van der Waals surface area contributed by atoms with Gasteiger partial charge in [-0.05, 0) is 43.0 Å². The number of hydrogen-bond acceptors (Lipinski definition) is 3. The predicted octanol–water partition coefficient (Wildman–Crippen LogP) is 2.62. The number of carbonyl (C=O) groups excluding carboxylic acids is 1. The first-order chi connectivity index (χ1) is 11.3. The highest BCUT2D eigenvalue weighted by Gasteiger charge is 2.15. The van der Waals surface area contributed by atoms with Gasteiger partial charge in [0.15, 0.2) is 0 Å². The summed E-state index contributed by atoms with van der Waals surface area (Å²) in [7, 11) is 0. The molecule has 0 saturated carbocycles. The van der Waals surface area contributed by atoms with E-state index in [2.05, 4.69) is 15.7 Å². The van der Waals surface area contributed by atoms with E-state index >= 15 is 0 Å². The molecule has 1 saturated heterocycles. The van der Waals surface area contributed by atoms with Crippen molar-refractivity contribution in [1.29, 1.82) is 0 Å². The van der Waals surface area contributed by atoms with Crippen LogP contribution >= 0.6 is 0 Å². The van der Waals surface area contributed by atoms with Gasteiger partial charge in [-0.2, -0.15) is 5.10 Å². The van der Waals surface area contributed by atoms with Crippen LogP contribution in [-0.2, 0) is 11.3 Å². The topological polar surface area (TPSA) is 68.2 Å². The van der Waals surface area contributed by atoms with Crippen molar-refractivity contribution < 1.29 is 9.53 Å². The molecule has 122 valence electrons. The Hall–Kier alpha value is -2.34. The molecule has 1 atom stereocenters. The Morgan fingerprint density at radius 3 is 2.91 bits per heavy atom. The Bertz CT molecular complexity index is 604. The van der Waals surface area contributed by atoms with E-state index in [0.717, 1.165) is 43.7 Å². The lowest BCUT2D eigenvalue weighted by molar-refractivity contribution is 0.105. The zero-order chi connectivity index (χ0) is 15.9. The Balaban J connectivity index is 1.41. The number of benzene rings is 1. The summed E-state index contributed by atoms with van der Waals surface area (Å²) in [6.45, 7) is 2.20. The number of nitrogens with zero attached hydrogens (tertiary/aromatic N) is 2. The van der Waals surface area contributed by atoms with Crippen LogP contribution in [0.5, 0.6) is 0 Å². The highest BCUT2D eigenvalue weighted by molar-refractivity contribution is 5.89. The molecule has 6 nitrogen and oxygen atoms in total. The van der Waals surface area contributed by atoms with Gasteiger partial charge in [-0.25, -0.2) is 4.79 Å². The minimum atomic E-state index is -0.178. The average molecular weight is 314 g/mol. The zero-order valence-electron chi connectivity index (χ0n) is 13.1. The Morgan fingerprint density at radius 1 is 1.35 bits per heavy atom. The lowest BCUT2D eigenvalue weighted by Gasteiger charge is -2.11. The molecule has 2 aromatic rings. The van der Waals surface area contributed by atoms with Crippen molar-refractivity contribution >= 4 is 11.7 Å². The molecule has 23 heavy (non-hydrogen) atoms. The van der Waals surface area contributed by atoms with Gasteiger partial charge in [-0.3, -0.25) is 4.68 Å². The maximum atomic E-state index is 11.9. The first-order valence-electron chi connectivity index (χ1n) is 8.02. The standard InChI is InChI=1S/C17H22N4O2/c22-17(18-10-8-16-3-1-12-23-16)20-15-6-4-14(5-7-15)13-21-11-2-9-19-21/h2,4-7,9,11,16H,1,3,8,10,12-13H2,(H2,18,20,22). The first-order valence-corrected chi connectivity index (χ1v) is 8.02. The fraction of sp³-hybridized carbons (Fsp3) is 0.412. The molecule has 2 amide bonds. The molecule has 3 rings (SSSR count). The Kier molecular flexibility index (Phi) is 5.26. The van der Waals surface area contributed by atoms with Crippen LogP contribution in [0.4, 0.5) is 10.5 Å². The molecule has 0 radical (unpaired) electrons. The molecule has 0 bridgehead atoms. The van der Waals surface area contributed by atoms with Crippen LogP contribution in [0.25, 0.3) is 0 Å². The fourth-order valence-electron chi connectivity index (χ4n) is 2.67. The van der Waals surface area contributed by atoms with Gasteiger partial charge in [0, 0.05) is 31.2 Å². The number of anilines is 1. The van der Waals surface area contributed by atoms with E-state index in [-0.39, 0.29) is 6.03 Å². The predicted molar refractivity (Wildman–Crippen MR) is 88.4 cm³/mol. The maximum absolute atomic E-state index is 11.9. The summed E-state index contributed by atoms with van der Waals surface area (Å²) in [6.07, 6.45) is 7.08. The average Bonchev–Trinajstić information content (AvgIpc) is 3.23. The smallest absolute Gasteiger partial charge is 0.319 e. The first kappa shape index (κ1) is 15.6. The monoisotopic (exact) mass is 314 g/mol. The molecule has 1 aromatic heterocycles. The van der Waals surface area contributed by atoms with Crippen molar-refractivity contribution in [3.05, 3.63) is 48.3 Å². The Labute approximate surface area is 135 Å². The Morgan fingerprint density at radius 2 is 2.22 bits per heavy atom. The second-order valence-electron chi connectivity index (χ2n) is 5.71. The highest BCUT2D eigenvalue weighted by Crippen LogP contribution is 2.14. The van der Waals surface area contributed by atoms with Crippen LogP contribution in [-0.4, -0.2) is 35.1 Å². The van der Waals surface area contributed by atoms with E-state index in [4.69, 9.17) is 4.74 Å². The summed E-state index contributed by atoms with van der Waals surface area (Å²) < 4.78 is 7.39. The van der Waals surface area contributed by atoms with Crippen molar-refractivity contribution in [1.82, 2.24) is 15.1 Å². The van der Waals surface area contributed by atoms with Crippen LogP contribution in [0.1, 0.15) is 24.8 Å². The number of nitrogens with one attached hydrogen (secondary N) is 2. The van der Waals surface area contributed by atoms with E-state index in [1.54, 1.807) is 6.20 Å². The SMILES string of the molecule is O=C(NCCC1CCCO1)Nc1ccc(Cn2cccn2)cc1. The van der Waals surface area contributed by atoms with Gasteiger partial charge in [0.05, 0.1) is 12.6 Å². The van der Waals surface area contributed by atoms with Crippen molar-refractivity contribution in [2.45, 2.75) is 31.9 Å². The molecule has 0 aliphatic carbocycles. The third-order valence-corrected chi connectivity index (χ3v) is 3.89. The van der Waals surface area contributed by atoms with E-state index < -0.39 is 0 Å². The van der Waals surface area contributed by atoms with Crippen LogP contribution < -0.4 is 10.6 Å². The summed E-state index contributed by atoms with van der Waals surface area (Å²) in [5.41, 5.74) is 1.92. The normalized spacial score (nSPS) is 17.1. The minimum Gasteiger partial charge on any atom is -0.378 e. The van der Waals surface area contributed by atoms with Gasteiger partial charge < -0.3 is 15.4 Å². The lowest BCUT2D eigenvalue weighted by atomic mass is 10.2. The van der Waals surface area contributed by atoms with Crippen molar-refractivity contribution in [2.75, 3.05) is 18.5 Å². The van der Waals surface area contributed by atoms with Gasteiger partial charge >= 0.3 is 6.03 Å². The number of hydrogen-bond donors (Lipinski definition) is 2. The maximum Gasteiger partial charge on any atom is 0.319 e. The highest BCUT2D eigenvalue weighted by atomic mass is 16.5. The number of amides is 2. The second-order valence-corrected chi connectivity index (χ2v) is 5.71. The molecule has 0 spiro atoms. The minimum absolute atomic E-state index is 0.178. The van der Waals surface area contributed by atoms with E-state index in [9.17, 15) is 4.79 Å². The molecular weight excluding hydrogens is 292 g/mol. The number of carbonyl (C=O) groups is 1. The molecule has 1 aromatic carbocycles. The van der Waals surface area contributed by atoms with Crippen molar-refractivity contribution in [3.8, 4) is 0 Å². The van der Waals surface area contributed by atoms with E-state index in [1.165, 1.54) is 0 Å². The third-order valence-electron chi connectivity index (χ3n) is 3.89. The summed E-state index contributed by atoms with van der Waals surface area (Å²) in [5, 5.41) is 9.88. The van der Waals surface area contributed by atoms with Crippen LogP contribution in [0.15, 0.2) is 42.7 Å². The van der Waals surface area contributed by atoms with E-state index in [1.807, 2.05) is 41.2 Å². The molecular formula is C17H22N4O2. The van der Waals surface area contributed by atoms with Gasteiger partial charge in [0.25, 0.3) is 0 Å². The summed E-state index contributed by atoms with van der Waals surface area (Å²) in [6, 6.07) is 9.50. The summed E-state index contributed by atoms with van der Waals surface area (Å²) >= 11 is 0. The molecule has 1 aliphatic rings. The summed E-state index contributed by atoms with van der Waals surface area (Å²) in [5.74, 6) is 0. The van der Waals surface area contributed by atoms with Crippen molar-refractivity contribution in [2.24, 2.45) is 0 Å². The number of rotatable bonds is 6. The zero-order valence-corrected chi connectivity index (χ0v) is 13.1. The van der Waals surface area contributed by atoms with E-state index in [0.29, 0.717) is 12.6 Å². The van der Waals surface area contributed by atoms with Crippen molar-refractivity contribution in [3.63, 3.8) is 0 Å². The van der Waals surface area contributed by atoms with Crippen LogP contribution in [0, 0.1) is 0 Å². The second kappa shape index (κ2) is 7.78. The molecule has 6 heteroatoms. The van der Waals surface area contributed by atoms with Crippen LogP contribution in [0.2, 0.25) is 0 Å². The largest absolute Gasteiger partial charge is 0.378 e. The summed E-state index contributed by atoms with van der Waals surface area (Å²) in [4.78, 5) is 11.9. The molecule has 1 fully saturated rings. The molecule has 1 aliphatic heterocycles.